The maximum absolute atomic E-state index is 12.2. The zero-order valence-corrected chi connectivity index (χ0v) is 12.6. The fraction of sp³-hybridized carbons (Fsp3) is 0.462. The van der Waals surface area contributed by atoms with Crippen LogP contribution in [0.4, 0.5) is 0 Å². The molecule has 19 heavy (non-hydrogen) atoms. The van der Waals surface area contributed by atoms with Crippen molar-refractivity contribution >= 4 is 38.8 Å². The van der Waals surface area contributed by atoms with E-state index < -0.39 is 15.1 Å². The van der Waals surface area contributed by atoms with Gasteiger partial charge in [0, 0.05) is 16.5 Å². The van der Waals surface area contributed by atoms with E-state index in [9.17, 15) is 13.2 Å². The fourth-order valence-corrected chi connectivity index (χ4v) is 4.74. The third-order valence-electron chi connectivity index (χ3n) is 3.35. The third-order valence-corrected chi connectivity index (χ3v) is 6.28. The maximum atomic E-state index is 12.2. The van der Waals surface area contributed by atoms with Crippen LogP contribution in [0.25, 0.3) is 0 Å². The van der Waals surface area contributed by atoms with E-state index in [-0.39, 0.29) is 18.0 Å². The molecule has 104 valence electrons. The Labute approximate surface area is 122 Å². The van der Waals surface area contributed by atoms with Crippen molar-refractivity contribution in [2.75, 3.05) is 5.75 Å². The van der Waals surface area contributed by atoms with Gasteiger partial charge in [0.05, 0.1) is 5.75 Å². The molecule has 1 aromatic rings. The SMILES string of the molecule is O=C(Cc1c(Cl)cccc1Cl)C1CCCCS1(=O)=O. The summed E-state index contributed by atoms with van der Waals surface area (Å²) in [7, 11) is -3.30. The number of ketones is 1. The van der Waals surface area contributed by atoms with Crippen LogP contribution >= 0.6 is 23.2 Å². The molecule has 0 bridgehead atoms. The Kier molecular flexibility index (Phi) is 4.54. The van der Waals surface area contributed by atoms with Crippen molar-refractivity contribution in [2.45, 2.75) is 30.9 Å². The summed E-state index contributed by atoms with van der Waals surface area (Å²) in [6.07, 6.45) is 1.79. The maximum Gasteiger partial charge on any atom is 0.160 e. The standard InChI is InChI=1S/C13H14Cl2O3S/c14-10-4-3-5-11(15)9(10)8-12(16)13-6-1-2-7-19(13,17)18/h3-5,13H,1-2,6-8H2. The van der Waals surface area contributed by atoms with E-state index >= 15 is 0 Å². The molecule has 6 heteroatoms. The number of sulfone groups is 1. The molecule has 1 heterocycles. The van der Waals surface area contributed by atoms with Gasteiger partial charge < -0.3 is 0 Å². The summed E-state index contributed by atoms with van der Waals surface area (Å²) in [4.78, 5) is 12.2. The minimum absolute atomic E-state index is 0.0254. The molecular weight excluding hydrogens is 307 g/mol. The number of carbonyl (C=O) groups is 1. The molecule has 1 aromatic carbocycles. The largest absolute Gasteiger partial charge is 0.298 e. The van der Waals surface area contributed by atoms with E-state index in [1.807, 2.05) is 0 Å². The molecule has 2 rings (SSSR count). The number of hydrogen-bond acceptors (Lipinski definition) is 3. The number of benzene rings is 1. The van der Waals surface area contributed by atoms with Crippen LogP contribution in [-0.4, -0.2) is 25.2 Å². The second-order valence-electron chi connectivity index (χ2n) is 4.69. The number of carbonyl (C=O) groups excluding carboxylic acids is 1. The summed E-state index contributed by atoms with van der Waals surface area (Å²) >= 11 is 12.0. The molecule has 0 radical (unpaired) electrons. The van der Waals surface area contributed by atoms with Crippen LogP contribution in [0.1, 0.15) is 24.8 Å². The minimum Gasteiger partial charge on any atom is -0.298 e. The second kappa shape index (κ2) is 5.81. The number of Topliss-reactive ketones (excluding diaryl/α,β-unsaturated/α-hetero) is 1. The molecule has 0 N–H and O–H groups in total. The Bertz CT molecular complexity index is 576. The smallest absolute Gasteiger partial charge is 0.160 e. The molecule has 1 fully saturated rings. The normalized spacial score (nSPS) is 22.1. The number of rotatable bonds is 3. The first kappa shape index (κ1) is 14.8. The van der Waals surface area contributed by atoms with Crippen molar-refractivity contribution in [3.05, 3.63) is 33.8 Å². The highest BCUT2D eigenvalue weighted by Crippen LogP contribution is 2.27. The van der Waals surface area contributed by atoms with Gasteiger partial charge in [0.2, 0.25) is 0 Å². The highest BCUT2D eigenvalue weighted by atomic mass is 35.5. The average Bonchev–Trinajstić information content (AvgIpc) is 2.33. The summed E-state index contributed by atoms with van der Waals surface area (Å²) in [6.45, 7) is 0. The Morgan fingerprint density at radius 1 is 1.21 bits per heavy atom. The summed E-state index contributed by atoms with van der Waals surface area (Å²) in [6, 6.07) is 4.98. The van der Waals surface area contributed by atoms with Crippen molar-refractivity contribution in [3.63, 3.8) is 0 Å². The summed E-state index contributed by atoms with van der Waals surface area (Å²) in [5, 5.41) is -0.100. The Morgan fingerprint density at radius 3 is 2.42 bits per heavy atom. The van der Waals surface area contributed by atoms with Crippen molar-refractivity contribution in [3.8, 4) is 0 Å². The third kappa shape index (κ3) is 3.30. The fourth-order valence-electron chi connectivity index (χ4n) is 2.31. The highest BCUT2D eigenvalue weighted by Gasteiger charge is 2.34. The van der Waals surface area contributed by atoms with Crippen LogP contribution in [0.3, 0.4) is 0 Å². The van der Waals surface area contributed by atoms with Gasteiger partial charge in [-0.25, -0.2) is 8.42 Å². The molecule has 0 amide bonds. The summed E-state index contributed by atoms with van der Waals surface area (Å²) < 4.78 is 23.8. The lowest BCUT2D eigenvalue weighted by atomic mass is 10.0. The first-order valence-electron chi connectivity index (χ1n) is 6.09. The van der Waals surface area contributed by atoms with Crippen molar-refractivity contribution in [1.29, 1.82) is 0 Å². The van der Waals surface area contributed by atoms with Crippen molar-refractivity contribution < 1.29 is 13.2 Å². The molecule has 0 spiro atoms. The lowest BCUT2D eigenvalue weighted by molar-refractivity contribution is -0.118. The molecule has 0 aliphatic carbocycles. The van der Waals surface area contributed by atoms with Gasteiger partial charge in [-0.05, 0) is 30.5 Å². The van der Waals surface area contributed by atoms with Crippen LogP contribution in [0.5, 0.6) is 0 Å². The van der Waals surface area contributed by atoms with Gasteiger partial charge in [0.1, 0.15) is 5.25 Å². The molecule has 1 aliphatic heterocycles. The van der Waals surface area contributed by atoms with Gasteiger partial charge >= 0.3 is 0 Å². The lowest BCUT2D eigenvalue weighted by Crippen LogP contribution is -2.36. The Balaban J connectivity index is 2.22. The van der Waals surface area contributed by atoms with Gasteiger partial charge in [0.25, 0.3) is 0 Å². The van der Waals surface area contributed by atoms with E-state index in [0.717, 1.165) is 6.42 Å². The van der Waals surface area contributed by atoms with Gasteiger partial charge in [-0.1, -0.05) is 35.7 Å². The van der Waals surface area contributed by atoms with Crippen LogP contribution < -0.4 is 0 Å². The minimum atomic E-state index is -3.30. The molecule has 1 aliphatic rings. The van der Waals surface area contributed by atoms with Gasteiger partial charge in [-0.15, -0.1) is 0 Å². The Morgan fingerprint density at radius 2 is 1.84 bits per heavy atom. The molecular formula is C13H14Cl2O3S. The summed E-state index contributed by atoms with van der Waals surface area (Å²) in [5.74, 6) is -0.214. The van der Waals surface area contributed by atoms with Gasteiger partial charge in [-0.2, -0.15) is 0 Å². The number of halogens is 2. The van der Waals surface area contributed by atoms with Crippen LogP contribution in [-0.2, 0) is 21.1 Å². The highest BCUT2D eigenvalue weighted by molar-refractivity contribution is 7.92. The predicted molar refractivity (Wildman–Crippen MR) is 76.6 cm³/mol. The molecule has 1 atom stereocenters. The second-order valence-corrected chi connectivity index (χ2v) is 7.81. The average molecular weight is 321 g/mol. The molecule has 1 saturated heterocycles. The van der Waals surface area contributed by atoms with Crippen LogP contribution in [0.15, 0.2) is 18.2 Å². The molecule has 0 saturated carbocycles. The van der Waals surface area contributed by atoms with Crippen molar-refractivity contribution in [1.82, 2.24) is 0 Å². The van der Waals surface area contributed by atoms with E-state index in [4.69, 9.17) is 23.2 Å². The Hall–Kier alpha value is -0.580. The van der Waals surface area contributed by atoms with Crippen LogP contribution in [0, 0.1) is 0 Å². The molecule has 0 aromatic heterocycles. The van der Waals surface area contributed by atoms with E-state index in [1.54, 1.807) is 18.2 Å². The lowest BCUT2D eigenvalue weighted by Gasteiger charge is -2.21. The zero-order valence-electron chi connectivity index (χ0n) is 10.2. The van der Waals surface area contributed by atoms with Crippen LogP contribution in [0.2, 0.25) is 10.0 Å². The van der Waals surface area contributed by atoms with Crippen molar-refractivity contribution in [2.24, 2.45) is 0 Å². The van der Waals surface area contributed by atoms with E-state index in [1.165, 1.54) is 0 Å². The first-order chi connectivity index (χ1) is 8.92. The monoisotopic (exact) mass is 320 g/mol. The topological polar surface area (TPSA) is 51.2 Å². The predicted octanol–water partition coefficient (Wildman–Crippen LogP) is 3.07. The molecule has 1 unspecified atom stereocenters. The summed E-state index contributed by atoms with van der Waals surface area (Å²) in [5.41, 5.74) is 0.511. The quantitative estimate of drug-likeness (QED) is 0.860. The zero-order chi connectivity index (χ0) is 14.0. The van der Waals surface area contributed by atoms with E-state index in [2.05, 4.69) is 0 Å². The van der Waals surface area contributed by atoms with Gasteiger partial charge in [-0.3, -0.25) is 4.79 Å². The van der Waals surface area contributed by atoms with E-state index in [0.29, 0.717) is 28.5 Å². The first-order valence-corrected chi connectivity index (χ1v) is 8.56. The van der Waals surface area contributed by atoms with Gasteiger partial charge in [0.15, 0.2) is 15.6 Å². The number of hydrogen-bond donors (Lipinski definition) is 0. The molecule has 3 nitrogen and oxygen atoms in total.